The highest BCUT2D eigenvalue weighted by atomic mass is 19.1. The molecule has 0 unspecified atom stereocenters. The maximum absolute atomic E-state index is 13.2. The predicted octanol–water partition coefficient (Wildman–Crippen LogP) is 3.78. The van der Waals surface area contributed by atoms with Crippen LogP contribution in [-0.4, -0.2) is 22.2 Å². The van der Waals surface area contributed by atoms with Crippen molar-refractivity contribution in [1.82, 2.24) is 9.78 Å². The van der Waals surface area contributed by atoms with Gasteiger partial charge in [0.25, 0.3) is 11.5 Å². The average molecular weight is 353 g/mol. The van der Waals surface area contributed by atoms with Crippen LogP contribution in [0.4, 0.5) is 10.1 Å². The van der Waals surface area contributed by atoms with Crippen LogP contribution in [0.15, 0.2) is 53.3 Å². The lowest BCUT2D eigenvalue weighted by atomic mass is 10.1. The summed E-state index contributed by atoms with van der Waals surface area (Å²) >= 11 is 0. The van der Waals surface area contributed by atoms with E-state index in [2.05, 4.69) is 5.10 Å². The van der Waals surface area contributed by atoms with Crippen molar-refractivity contribution in [1.29, 1.82) is 0 Å². The number of carbonyl (C=O) groups is 1. The van der Waals surface area contributed by atoms with Gasteiger partial charge in [-0.15, -0.1) is 0 Å². The monoisotopic (exact) mass is 353 g/mol. The summed E-state index contributed by atoms with van der Waals surface area (Å²) in [6.45, 7) is 5.91. The Labute approximate surface area is 150 Å². The molecule has 134 valence electrons. The van der Waals surface area contributed by atoms with E-state index in [0.717, 1.165) is 0 Å². The Morgan fingerprint density at radius 3 is 2.31 bits per heavy atom. The minimum absolute atomic E-state index is 0.181. The van der Waals surface area contributed by atoms with Gasteiger partial charge in [0.15, 0.2) is 5.69 Å². The predicted molar refractivity (Wildman–Crippen MR) is 100 cm³/mol. The molecule has 0 atom stereocenters. The van der Waals surface area contributed by atoms with E-state index in [1.54, 1.807) is 36.4 Å². The number of benzene rings is 2. The number of carbonyl (C=O) groups excluding carboxylic acids is 1. The zero-order chi connectivity index (χ0) is 18.8. The average Bonchev–Trinajstić information content (AvgIpc) is 2.64. The van der Waals surface area contributed by atoms with Crippen molar-refractivity contribution in [2.45, 2.75) is 26.8 Å². The number of anilines is 1. The van der Waals surface area contributed by atoms with E-state index in [1.165, 1.54) is 21.7 Å². The Morgan fingerprint density at radius 1 is 1.12 bits per heavy atom. The van der Waals surface area contributed by atoms with Crippen LogP contribution < -0.4 is 10.5 Å². The van der Waals surface area contributed by atoms with E-state index in [1.807, 2.05) is 20.8 Å². The van der Waals surface area contributed by atoms with E-state index in [4.69, 9.17) is 0 Å². The molecule has 3 aromatic rings. The zero-order valence-electron chi connectivity index (χ0n) is 14.9. The van der Waals surface area contributed by atoms with Gasteiger partial charge in [0, 0.05) is 17.6 Å². The first-order chi connectivity index (χ1) is 12.4. The standard InChI is InChI=1S/C20H20FN3O2/c1-4-23(15-11-9-14(21)10-12-15)20(26)18-16-7-5-6-8-17(16)19(25)24(22-18)13(2)3/h5-13H,4H2,1-3H3. The van der Waals surface area contributed by atoms with Gasteiger partial charge < -0.3 is 4.90 Å². The van der Waals surface area contributed by atoms with Crippen molar-refractivity contribution in [3.05, 3.63) is 70.4 Å². The molecule has 0 bridgehead atoms. The fraction of sp³-hybridized carbons (Fsp3) is 0.250. The molecule has 1 amide bonds. The summed E-state index contributed by atoms with van der Waals surface area (Å²) < 4.78 is 14.5. The molecule has 2 aromatic carbocycles. The quantitative estimate of drug-likeness (QED) is 0.717. The Kier molecular flexibility index (Phi) is 4.84. The fourth-order valence-electron chi connectivity index (χ4n) is 2.91. The first kappa shape index (κ1) is 17.8. The summed E-state index contributed by atoms with van der Waals surface area (Å²) in [7, 11) is 0. The number of hydrogen-bond acceptors (Lipinski definition) is 3. The highest BCUT2D eigenvalue weighted by Crippen LogP contribution is 2.21. The van der Waals surface area contributed by atoms with Crippen molar-refractivity contribution >= 4 is 22.4 Å². The maximum Gasteiger partial charge on any atom is 0.279 e. The van der Waals surface area contributed by atoms with Crippen LogP contribution >= 0.6 is 0 Å². The van der Waals surface area contributed by atoms with Gasteiger partial charge in [0.1, 0.15) is 5.82 Å². The van der Waals surface area contributed by atoms with E-state index in [9.17, 15) is 14.0 Å². The lowest BCUT2D eigenvalue weighted by Gasteiger charge is -2.22. The molecule has 0 N–H and O–H groups in total. The first-order valence-electron chi connectivity index (χ1n) is 8.53. The maximum atomic E-state index is 13.2. The van der Waals surface area contributed by atoms with Crippen molar-refractivity contribution in [2.24, 2.45) is 0 Å². The molecule has 0 saturated heterocycles. The normalized spacial score (nSPS) is 11.1. The van der Waals surface area contributed by atoms with E-state index in [0.29, 0.717) is 23.0 Å². The molecule has 5 nitrogen and oxygen atoms in total. The van der Waals surface area contributed by atoms with Crippen molar-refractivity contribution < 1.29 is 9.18 Å². The van der Waals surface area contributed by atoms with E-state index in [-0.39, 0.29) is 29.0 Å². The molecule has 26 heavy (non-hydrogen) atoms. The highest BCUT2D eigenvalue weighted by molar-refractivity contribution is 6.12. The number of rotatable bonds is 4. The number of aromatic nitrogens is 2. The van der Waals surface area contributed by atoms with E-state index < -0.39 is 0 Å². The molecular weight excluding hydrogens is 333 g/mol. The summed E-state index contributed by atoms with van der Waals surface area (Å²) in [5.41, 5.74) is 0.559. The minimum atomic E-state index is -0.366. The summed E-state index contributed by atoms with van der Waals surface area (Å²) in [4.78, 5) is 27.4. The van der Waals surface area contributed by atoms with Crippen LogP contribution in [0, 0.1) is 5.82 Å². The second-order valence-corrected chi connectivity index (χ2v) is 6.26. The second-order valence-electron chi connectivity index (χ2n) is 6.26. The number of amides is 1. The molecule has 0 aliphatic heterocycles. The lowest BCUT2D eigenvalue weighted by Crippen LogP contribution is -2.35. The van der Waals surface area contributed by atoms with Crippen LogP contribution in [-0.2, 0) is 0 Å². The molecule has 0 aliphatic rings. The number of halogens is 1. The molecule has 6 heteroatoms. The van der Waals surface area contributed by atoms with Gasteiger partial charge in [-0.25, -0.2) is 9.07 Å². The molecule has 3 rings (SSSR count). The van der Waals surface area contributed by atoms with Crippen LogP contribution in [0.1, 0.15) is 37.3 Å². The molecule has 1 heterocycles. The molecular formula is C20H20FN3O2. The van der Waals surface area contributed by atoms with Crippen molar-refractivity contribution in [3.63, 3.8) is 0 Å². The molecule has 0 radical (unpaired) electrons. The minimum Gasteiger partial charge on any atom is -0.307 e. The van der Waals surface area contributed by atoms with Gasteiger partial charge in [0.2, 0.25) is 0 Å². The Balaban J connectivity index is 2.19. The zero-order valence-corrected chi connectivity index (χ0v) is 14.9. The van der Waals surface area contributed by atoms with Gasteiger partial charge >= 0.3 is 0 Å². The topological polar surface area (TPSA) is 55.2 Å². The Hall–Kier alpha value is -3.02. The molecule has 0 saturated carbocycles. The van der Waals surface area contributed by atoms with Crippen LogP contribution in [0.2, 0.25) is 0 Å². The summed E-state index contributed by atoms with van der Waals surface area (Å²) in [6.07, 6.45) is 0. The molecule has 0 aliphatic carbocycles. The van der Waals surface area contributed by atoms with Gasteiger partial charge in [-0.3, -0.25) is 9.59 Å². The van der Waals surface area contributed by atoms with Crippen LogP contribution in [0.25, 0.3) is 10.8 Å². The van der Waals surface area contributed by atoms with Gasteiger partial charge in [-0.05, 0) is 51.1 Å². The molecule has 0 spiro atoms. The largest absolute Gasteiger partial charge is 0.307 e. The lowest BCUT2D eigenvalue weighted by molar-refractivity contribution is 0.0982. The Bertz CT molecular complexity index is 1010. The second kappa shape index (κ2) is 7.07. The van der Waals surface area contributed by atoms with Crippen molar-refractivity contribution in [2.75, 3.05) is 11.4 Å². The summed E-state index contributed by atoms with van der Waals surface area (Å²) in [5, 5.41) is 5.32. The van der Waals surface area contributed by atoms with Gasteiger partial charge in [-0.1, -0.05) is 18.2 Å². The fourth-order valence-corrected chi connectivity index (χ4v) is 2.91. The highest BCUT2D eigenvalue weighted by Gasteiger charge is 2.23. The third-order valence-electron chi connectivity index (χ3n) is 4.22. The van der Waals surface area contributed by atoms with Gasteiger partial charge in [-0.2, -0.15) is 5.10 Å². The summed E-state index contributed by atoms with van der Waals surface area (Å²) in [6, 6.07) is 12.5. The van der Waals surface area contributed by atoms with Crippen molar-refractivity contribution in [3.8, 4) is 0 Å². The third-order valence-corrected chi connectivity index (χ3v) is 4.22. The molecule has 0 fully saturated rings. The smallest absolute Gasteiger partial charge is 0.279 e. The number of fused-ring (bicyclic) bond motifs is 1. The SMILES string of the molecule is CCN(C(=O)c1nn(C(C)C)c(=O)c2ccccc12)c1ccc(F)cc1. The number of hydrogen-bond donors (Lipinski definition) is 0. The first-order valence-corrected chi connectivity index (χ1v) is 8.53. The van der Waals surface area contributed by atoms with Crippen LogP contribution in [0.3, 0.4) is 0 Å². The van der Waals surface area contributed by atoms with E-state index >= 15 is 0 Å². The summed E-state index contributed by atoms with van der Waals surface area (Å²) in [5.74, 6) is -0.695. The third kappa shape index (κ3) is 3.10. The number of nitrogens with zero attached hydrogens (tertiary/aromatic N) is 3. The van der Waals surface area contributed by atoms with Gasteiger partial charge in [0.05, 0.1) is 11.4 Å². The Morgan fingerprint density at radius 2 is 1.73 bits per heavy atom. The molecule has 1 aromatic heterocycles. The van der Waals surface area contributed by atoms with Crippen LogP contribution in [0.5, 0.6) is 0 Å².